The van der Waals surface area contributed by atoms with Crippen LogP contribution in [0.3, 0.4) is 0 Å². The van der Waals surface area contributed by atoms with Crippen LogP contribution in [-0.2, 0) is 14.1 Å². The van der Waals surface area contributed by atoms with E-state index in [1.165, 1.54) is 9.13 Å². The highest BCUT2D eigenvalue weighted by atomic mass is 32.2. The molecule has 0 bridgehead atoms. The summed E-state index contributed by atoms with van der Waals surface area (Å²) in [5, 5.41) is 20.3. The molecular weight excluding hydrogens is 406 g/mol. The second kappa shape index (κ2) is 7.53. The highest BCUT2D eigenvalue weighted by molar-refractivity contribution is 7.99. The van der Waals surface area contributed by atoms with E-state index in [1.807, 2.05) is 36.4 Å². The smallest absolute Gasteiger partial charge is 0.267 e. The number of benzene rings is 2. The first-order valence-electron chi connectivity index (χ1n) is 8.98. The number of aliphatic imine (C=N–C) groups is 1. The Hall–Kier alpha value is -2.84. The highest BCUT2D eigenvalue weighted by Crippen LogP contribution is 2.45. The van der Waals surface area contributed by atoms with Crippen LogP contribution in [0, 0.1) is 4.77 Å². The van der Waals surface area contributed by atoms with E-state index in [4.69, 9.17) is 17.2 Å². The summed E-state index contributed by atoms with van der Waals surface area (Å²) >= 11 is 6.87. The maximum Gasteiger partial charge on any atom is 0.267 e. The van der Waals surface area contributed by atoms with Crippen LogP contribution >= 0.6 is 24.0 Å². The van der Waals surface area contributed by atoms with Gasteiger partial charge in [0.05, 0.1) is 11.4 Å². The third-order valence-corrected chi connectivity index (χ3v) is 6.83. The lowest BCUT2D eigenvalue weighted by atomic mass is 10.0. The second-order valence-corrected chi connectivity index (χ2v) is 8.44. The molecule has 4 rings (SSSR count). The Balaban J connectivity index is 1.93. The molecule has 2 heterocycles. The zero-order chi connectivity index (χ0) is 20.7. The Morgan fingerprint density at radius 1 is 1.07 bits per heavy atom. The summed E-state index contributed by atoms with van der Waals surface area (Å²) in [5.41, 5.74) is 2.03. The van der Waals surface area contributed by atoms with E-state index >= 15 is 0 Å². The number of rotatable bonds is 2. The largest absolute Gasteiger partial charge is 0.508 e. The molecule has 0 saturated carbocycles. The molecule has 2 N–H and O–H groups in total. The quantitative estimate of drug-likeness (QED) is 0.601. The van der Waals surface area contributed by atoms with Gasteiger partial charge in [-0.1, -0.05) is 24.3 Å². The minimum absolute atomic E-state index is 0.0457. The molecule has 29 heavy (non-hydrogen) atoms. The van der Waals surface area contributed by atoms with Crippen molar-refractivity contribution in [2.75, 3.05) is 0 Å². The van der Waals surface area contributed by atoms with Crippen LogP contribution in [0.2, 0.25) is 0 Å². The Bertz CT molecular complexity index is 1240. The average Bonchev–Trinajstić information content (AvgIpc) is 2.91. The van der Waals surface area contributed by atoms with Crippen molar-refractivity contribution in [3.8, 4) is 11.6 Å². The van der Waals surface area contributed by atoms with Crippen molar-refractivity contribution in [2.45, 2.75) is 16.6 Å². The summed E-state index contributed by atoms with van der Waals surface area (Å²) in [6.07, 6.45) is 0.434. The monoisotopic (exact) mass is 425 g/mol. The molecule has 3 aromatic rings. The summed E-state index contributed by atoms with van der Waals surface area (Å²) < 4.78 is 2.98. The number of thioether (sulfide) groups is 1. The minimum Gasteiger partial charge on any atom is -0.508 e. The fourth-order valence-electron chi connectivity index (χ4n) is 3.33. The molecule has 0 radical (unpaired) electrons. The molecular formula is C21H19N3O3S2. The first-order chi connectivity index (χ1) is 13.9. The lowest BCUT2D eigenvalue weighted by Gasteiger charge is -2.17. The molecule has 0 saturated heterocycles. The van der Waals surface area contributed by atoms with Crippen molar-refractivity contribution in [2.24, 2.45) is 19.1 Å². The van der Waals surface area contributed by atoms with E-state index in [-0.39, 0.29) is 32.8 Å². The molecule has 0 spiro atoms. The van der Waals surface area contributed by atoms with Crippen LogP contribution < -0.4 is 5.56 Å². The molecule has 0 fully saturated rings. The molecule has 6 nitrogen and oxygen atoms in total. The van der Waals surface area contributed by atoms with Crippen molar-refractivity contribution in [1.29, 1.82) is 0 Å². The van der Waals surface area contributed by atoms with Crippen LogP contribution in [0.1, 0.15) is 22.8 Å². The maximum absolute atomic E-state index is 13.0. The van der Waals surface area contributed by atoms with E-state index in [0.717, 1.165) is 16.1 Å². The van der Waals surface area contributed by atoms with Gasteiger partial charge in [-0.25, -0.2) is 0 Å². The molecule has 1 aromatic heterocycles. The third-order valence-electron chi connectivity index (χ3n) is 4.96. The van der Waals surface area contributed by atoms with Gasteiger partial charge in [0.1, 0.15) is 11.3 Å². The molecule has 1 atom stereocenters. The fraction of sp³-hybridized carbons (Fsp3) is 0.190. The molecule has 8 heteroatoms. The predicted octanol–water partition coefficient (Wildman–Crippen LogP) is 4.22. The van der Waals surface area contributed by atoms with Gasteiger partial charge in [0.15, 0.2) is 4.77 Å². The predicted molar refractivity (Wildman–Crippen MR) is 117 cm³/mol. The molecule has 1 aliphatic heterocycles. The Kier molecular flexibility index (Phi) is 5.06. The van der Waals surface area contributed by atoms with Crippen LogP contribution in [0.4, 0.5) is 5.69 Å². The highest BCUT2D eigenvalue weighted by Gasteiger charge is 2.27. The number of para-hydroxylation sites is 1. The van der Waals surface area contributed by atoms with Crippen molar-refractivity contribution >= 4 is 35.4 Å². The Labute approximate surface area is 176 Å². The van der Waals surface area contributed by atoms with Gasteiger partial charge in [0, 0.05) is 30.7 Å². The molecule has 0 amide bonds. The second-order valence-electron chi connectivity index (χ2n) is 6.83. The topological polar surface area (TPSA) is 79.8 Å². The number of aromatic nitrogens is 2. The zero-order valence-electron chi connectivity index (χ0n) is 15.9. The fourth-order valence-corrected chi connectivity index (χ4v) is 4.73. The molecule has 0 unspecified atom stereocenters. The van der Waals surface area contributed by atoms with Gasteiger partial charge in [-0.05, 0) is 42.0 Å². The number of fused-ring (bicyclic) bond motifs is 1. The average molecular weight is 426 g/mol. The Morgan fingerprint density at radius 2 is 1.76 bits per heavy atom. The van der Waals surface area contributed by atoms with Crippen molar-refractivity contribution in [3.05, 3.63) is 74.8 Å². The standard InChI is InChI=1S/C21H19N3O3S2/c1-23-19(26)18(20(27)24(2)21(23)28)15-11-17(12-7-9-13(25)10-8-12)29-16-6-4-3-5-14(16)22-15/h3-10,17,25-26H,11H2,1-2H3/t17-/m0/s1. The van der Waals surface area contributed by atoms with Gasteiger partial charge in [0.25, 0.3) is 5.56 Å². The van der Waals surface area contributed by atoms with Crippen LogP contribution in [0.5, 0.6) is 11.6 Å². The summed E-state index contributed by atoms with van der Waals surface area (Å²) in [7, 11) is 3.21. The number of hydrogen-bond acceptors (Lipinski definition) is 6. The van der Waals surface area contributed by atoms with Crippen molar-refractivity contribution in [3.63, 3.8) is 0 Å². The van der Waals surface area contributed by atoms with E-state index < -0.39 is 0 Å². The molecule has 148 valence electrons. The van der Waals surface area contributed by atoms with Gasteiger partial charge in [-0.15, -0.1) is 11.8 Å². The number of hydrogen-bond donors (Lipinski definition) is 2. The van der Waals surface area contributed by atoms with Gasteiger partial charge in [-0.3, -0.25) is 18.9 Å². The summed E-state index contributed by atoms with van der Waals surface area (Å²) in [5.74, 6) is 0.00641. The van der Waals surface area contributed by atoms with Gasteiger partial charge in [-0.2, -0.15) is 0 Å². The zero-order valence-corrected chi connectivity index (χ0v) is 17.5. The number of phenols is 1. The summed E-state index contributed by atoms with van der Waals surface area (Å²) in [6.45, 7) is 0. The first kappa shape index (κ1) is 19.5. The lowest BCUT2D eigenvalue weighted by molar-refractivity contribution is 0.414. The maximum atomic E-state index is 13.0. The minimum atomic E-state index is -0.377. The van der Waals surface area contributed by atoms with Crippen LogP contribution in [0.25, 0.3) is 0 Å². The lowest BCUT2D eigenvalue weighted by Crippen LogP contribution is -2.29. The van der Waals surface area contributed by atoms with Gasteiger partial charge >= 0.3 is 0 Å². The normalized spacial score (nSPS) is 16.1. The third kappa shape index (κ3) is 3.49. The van der Waals surface area contributed by atoms with Crippen molar-refractivity contribution < 1.29 is 10.2 Å². The van der Waals surface area contributed by atoms with E-state index in [1.54, 1.807) is 38.0 Å². The summed E-state index contributed by atoms with van der Waals surface area (Å²) in [4.78, 5) is 18.7. The SMILES string of the molecule is Cn1c(O)c(C2=Nc3ccccc3S[C@H](c3ccc(O)cc3)C2)c(=O)n(C)c1=S. The van der Waals surface area contributed by atoms with E-state index in [9.17, 15) is 15.0 Å². The van der Waals surface area contributed by atoms with E-state index in [2.05, 4.69) is 0 Å². The number of nitrogens with zero attached hydrogens (tertiary/aromatic N) is 3. The molecule has 2 aromatic carbocycles. The molecule has 0 aliphatic carbocycles. The van der Waals surface area contributed by atoms with Crippen LogP contribution in [0.15, 0.2) is 63.2 Å². The molecule has 1 aliphatic rings. The number of phenolic OH excluding ortho intramolecular Hbond substituents is 1. The first-order valence-corrected chi connectivity index (χ1v) is 10.3. The van der Waals surface area contributed by atoms with Gasteiger partial charge < -0.3 is 10.2 Å². The van der Waals surface area contributed by atoms with Crippen LogP contribution in [-0.4, -0.2) is 25.1 Å². The van der Waals surface area contributed by atoms with Crippen molar-refractivity contribution in [1.82, 2.24) is 9.13 Å². The van der Waals surface area contributed by atoms with E-state index in [0.29, 0.717) is 12.1 Å². The van der Waals surface area contributed by atoms with Gasteiger partial charge in [0.2, 0.25) is 5.88 Å². The number of aromatic hydroxyl groups is 2. The Morgan fingerprint density at radius 3 is 2.48 bits per heavy atom. The summed E-state index contributed by atoms with van der Waals surface area (Å²) in [6, 6.07) is 14.7.